The van der Waals surface area contributed by atoms with Gasteiger partial charge in [0, 0.05) is 54.3 Å². The predicted molar refractivity (Wildman–Crippen MR) is 122 cm³/mol. The van der Waals surface area contributed by atoms with E-state index in [4.69, 9.17) is 21.8 Å². The molecule has 2 aromatic carbocycles. The second-order valence-corrected chi connectivity index (χ2v) is 9.07. The van der Waals surface area contributed by atoms with Crippen LogP contribution in [0.3, 0.4) is 0 Å². The molecule has 0 amide bonds. The topological polar surface area (TPSA) is 81.1 Å². The third kappa shape index (κ3) is 6.32. The molecule has 0 bridgehead atoms. The molecule has 6 nitrogen and oxygen atoms in total. The summed E-state index contributed by atoms with van der Waals surface area (Å²) in [5, 5.41) is 16.4. The monoisotopic (exact) mass is 478 g/mol. The Hall–Kier alpha value is -2.39. The molecule has 2 aliphatic rings. The highest BCUT2D eigenvalue weighted by molar-refractivity contribution is 7.99. The van der Waals surface area contributed by atoms with Crippen molar-refractivity contribution in [1.29, 1.82) is 0 Å². The summed E-state index contributed by atoms with van der Waals surface area (Å²) in [5.41, 5.74) is 2.32. The van der Waals surface area contributed by atoms with Gasteiger partial charge in [0.1, 0.15) is 5.82 Å². The molecule has 0 radical (unpaired) electrons. The van der Waals surface area contributed by atoms with Gasteiger partial charge in [-0.25, -0.2) is 14.0 Å². The lowest BCUT2D eigenvalue weighted by molar-refractivity contribution is -0.134. The summed E-state index contributed by atoms with van der Waals surface area (Å²) in [4.78, 5) is 25.8. The summed E-state index contributed by atoms with van der Waals surface area (Å²) in [6.07, 6.45) is 1.99. The molecule has 2 aliphatic heterocycles. The van der Waals surface area contributed by atoms with Crippen LogP contribution in [0.25, 0.3) is 0 Å². The normalized spacial score (nSPS) is 18.8. The van der Waals surface area contributed by atoms with Gasteiger partial charge in [-0.1, -0.05) is 35.5 Å². The van der Waals surface area contributed by atoms with Crippen LogP contribution in [0, 0.1) is 5.82 Å². The second-order valence-electron chi connectivity index (χ2n) is 7.58. The Kier molecular flexibility index (Phi) is 8.31. The van der Waals surface area contributed by atoms with Crippen molar-refractivity contribution in [3.8, 4) is 0 Å². The van der Waals surface area contributed by atoms with E-state index in [-0.39, 0.29) is 11.9 Å². The maximum atomic E-state index is 14.6. The minimum absolute atomic E-state index is 0.126. The van der Waals surface area contributed by atoms with Crippen molar-refractivity contribution in [2.24, 2.45) is 0 Å². The lowest BCUT2D eigenvalue weighted by Crippen LogP contribution is -2.46. The molecule has 0 spiro atoms. The first kappa shape index (κ1) is 24.3. The molecule has 2 aromatic rings. The van der Waals surface area contributed by atoms with Gasteiger partial charge in [0.15, 0.2) is 0 Å². The number of hydrogen-bond acceptors (Lipinski definition) is 5. The van der Waals surface area contributed by atoms with Crippen LogP contribution in [-0.4, -0.2) is 65.2 Å². The molecule has 1 saturated heterocycles. The summed E-state index contributed by atoms with van der Waals surface area (Å²) in [7, 11) is 2.16. The lowest BCUT2D eigenvalue weighted by atomic mass is 9.96. The van der Waals surface area contributed by atoms with Crippen LogP contribution in [0.15, 0.2) is 58.3 Å². The van der Waals surface area contributed by atoms with Crippen LogP contribution in [0.5, 0.6) is 0 Å². The summed E-state index contributed by atoms with van der Waals surface area (Å²) in [5.74, 6) is -2.64. The first-order valence-corrected chi connectivity index (χ1v) is 11.2. The molecule has 1 unspecified atom stereocenters. The number of carboxylic acids is 2. The maximum absolute atomic E-state index is 14.6. The van der Waals surface area contributed by atoms with Crippen LogP contribution in [0.4, 0.5) is 4.39 Å². The zero-order valence-electron chi connectivity index (χ0n) is 17.5. The van der Waals surface area contributed by atoms with E-state index in [1.54, 1.807) is 6.07 Å². The number of nitrogens with zero attached hydrogens (tertiary/aromatic N) is 2. The van der Waals surface area contributed by atoms with Gasteiger partial charge in [-0.3, -0.25) is 4.90 Å². The van der Waals surface area contributed by atoms with Crippen molar-refractivity contribution in [3.05, 3.63) is 70.5 Å². The van der Waals surface area contributed by atoms with Crippen molar-refractivity contribution in [1.82, 2.24) is 9.80 Å². The van der Waals surface area contributed by atoms with Gasteiger partial charge in [-0.2, -0.15) is 0 Å². The molecular weight excluding hydrogens is 455 g/mol. The summed E-state index contributed by atoms with van der Waals surface area (Å²) >= 11 is 7.76. The highest BCUT2D eigenvalue weighted by Crippen LogP contribution is 2.44. The standard InChI is InChI=1S/C19H20ClFN2S.C4H4O4/c1-22-7-9-23(10-8-22)17-12-13-11-14(20)5-6-18(13)24-19-15(17)3-2-4-16(19)21;5-3(6)1-2-4(7)8/h2-6,11,17H,7-10,12H2,1H3;1-2H,(H,5,6)(H,7,8). The zero-order chi connectivity index (χ0) is 23.3. The summed E-state index contributed by atoms with van der Waals surface area (Å²) in [6, 6.07) is 11.6. The van der Waals surface area contributed by atoms with Gasteiger partial charge in [-0.05, 0) is 48.9 Å². The number of benzene rings is 2. The summed E-state index contributed by atoms with van der Waals surface area (Å²) < 4.78 is 14.6. The van der Waals surface area contributed by atoms with E-state index in [2.05, 4.69) is 22.9 Å². The second kappa shape index (κ2) is 11.0. The number of carboxylic acid groups (broad SMARTS) is 2. The molecule has 1 fully saturated rings. The van der Waals surface area contributed by atoms with E-state index >= 15 is 0 Å². The zero-order valence-corrected chi connectivity index (χ0v) is 19.1. The number of fused-ring (bicyclic) bond motifs is 2. The minimum Gasteiger partial charge on any atom is -0.478 e. The summed E-state index contributed by atoms with van der Waals surface area (Å²) in [6.45, 7) is 4.13. The first-order chi connectivity index (χ1) is 15.2. The third-order valence-corrected chi connectivity index (χ3v) is 6.84. The van der Waals surface area contributed by atoms with Gasteiger partial charge >= 0.3 is 11.9 Å². The van der Waals surface area contributed by atoms with Crippen LogP contribution >= 0.6 is 23.4 Å². The fourth-order valence-corrected chi connectivity index (χ4v) is 5.04. The van der Waals surface area contributed by atoms with Gasteiger partial charge in [-0.15, -0.1) is 0 Å². The predicted octanol–water partition coefficient (Wildman–Crippen LogP) is 4.19. The Labute approximate surface area is 195 Å². The van der Waals surface area contributed by atoms with E-state index in [1.807, 2.05) is 24.3 Å². The highest BCUT2D eigenvalue weighted by Gasteiger charge is 2.30. The maximum Gasteiger partial charge on any atom is 0.328 e. The molecule has 2 heterocycles. The van der Waals surface area contributed by atoms with Gasteiger partial charge in [0.05, 0.1) is 4.90 Å². The molecular formula is C23H24ClFN2O4S. The van der Waals surface area contributed by atoms with Gasteiger partial charge in [0.25, 0.3) is 0 Å². The van der Waals surface area contributed by atoms with Crippen molar-refractivity contribution in [3.63, 3.8) is 0 Å². The molecule has 9 heteroatoms. The van der Waals surface area contributed by atoms with Crippen LogP contribution in [-0.2, 0) is 16.0 Å². The first-order valence-electron chi connectivity index (χ1n) is 10.1. The average Bonchev–Trinajstić information content (AvgIpc) is 2.91. The van der Waals surface area contributed by atoms with E-state index in [0.29, 0.717) is 12.2 Å². The largest absolute Gasteiger partial charge is 0.478 e. The SMILES string of the molecule is CN1CCN(C2Cc3cc(Cl)ccc3Sc3c(F)cccc32)CC1.O=C(O)C=CC(=O)O. The van der Waals surface area contributed by atoms with E-state index in [1.165, 1.54) is 17.3 Å². The van der Waals surface area contributed by atoms with Gasteiger partial charge < -0.3 is 15.1 Å². The van der Waals surface area contributed by atoms with Crippen LogP contribution in [0.2, 0.25) is 5.02 Å². The number of halogens is 2. The lowest BCUT2D eigenvalue weighted by Gasteiger charge is -2.38. The number of rotatable bonds is 3. The Morgan fingerprint density at radius 1 is 1.09 bits per heavy atom. The van der Waals surface area contributed by atoms with E-state index in [0.717, 1.165) is 53.0 Å². The molecule has 4 rings (SSSR count). The number of piperazine rings is 1. The average molecular weight is 479 g/mol. The Bertz CT molecular complexity index is 1010. The van der Waals surface area contributed by atoms with Gasteiger partial charge in [0.2, 0.25) is 0 Å². The third-order valence-electron chi connectivity index (χ3n) is 5.35. The molecule has 1 atom stereocenters. The molecule has 0 saturated carbocycles. The Balaban J connectivity index is 0.000000312. The van der Waals surface area contributed by atoms with E-state index < -0.39 is 11.9 Å². The number of hydrogen-bond donors (Lipinski definition) is 2. The Morgan fingerprint density at radius 3 is 2.38 bits per heavy atom. The quantitative estimate of drug-likeness (QED) is 0.640. The molecule has 0 aromatic heterocycles. The number of likely N-dealkylation sites (N-methyl/N-ethyl adjacent to an activating group) is 1. The highest BCUT2D eigenvalue weighted by atomic mass is 35.5. The smallest absolute Gasteiger partial charge is 0.328 e. The fourth-order valence-electron chi connectivity index (χ4n) is 3.73. The van der Waals surface area contributed by atoms with Crippen molar-refractivity contribution >= 4 is 35.3 Å². The van der Waals surface area contributed by atoms with Crippen molar-refractivity contribution in [2.45, 2.75) is 22.3 Å². The fraction of sp³-hybridized carbons (Fsp3) is 0.304. The number of aliphatic carboxylic acids is 2. The molecule has 0 aliphatic carbocycles. The molecule has 170 valence electrons. The minimum atomic E-state index is -1.26. The van der Waals surface area contributed by atoms with Crippen molar-refractivity contribution in [2.75, 3.05) is 33.2 Å². The molecule has 2 N–H and O–H groups in total. The van der Waals surface area contributed by atoms with E-state index in [9.17, 15) is 14.0 Å². The van der Waals surface area contributed by atoms with Crippen LogP contribution in [0.1, 0.15) is 17.2 Å². The Morgan fingerprint density at radius 2 is 1.75 bits per heavy atom. The molecule has 32 heavy (non-hydrogen) atoms. The number of carbonyl (C=O) groups is 2. The van der Waals surface area contributed by atoms with Crippen LogP contribution < -0.4 is 0 Å². The van der Waals surface area contributed by atoms with Crippen molar-refractivity contribution < 1.29 is 24.2 Å².